The fourth-order valence-corrected chi connectivity index (χ4v) is 2.28. The highest BCUT2D eigenvalue weighted by Gasteiger charge is 2.29. The highest BCUT2D eigenvalue weighted by atomic mass is 16.5. The summed E-state index contributed by atoms with van der Waals surface area (Å²) in [6, 6.07) is 7.66. The molecule has 1 aromatic rings. The van der Waals surface area contributed by atoms with Gasteiger partial charge in [-0.1, -0.05) is 12.1 Å². The molecule has 1 amide bonds. The molecule has 2 rings (SSSR count). The van der Waals surface area contributed by atoms with Crippen molar-refractivity contribution in [3.63, 3.8) is 0 Å². The summed E-state index contributed by atoms with van der Waals surface area (Å²) in [6.07, 6.45) is 2.57. The molecule has 4 nitrogen and oxygen atoms in total. The van der Waals surface area contributed by atoms with Crippen LogP contribution in [0.2, 0.25) is 0 Å². The van der Waals surface area contributed by atoms with Crippen molar-refractivity contribution in [1.82, 2.24) is 5.32 Å². The summed E-state index contributed by atoms with van der Waals surface area (Å²) in [5.74, 6) is -0.0105. The molecular weight excluding hydrogens is 240 g/mol. The minimum atomic E-state index is -0.148. The van der Waals surface area contributed by atoms with Crippen molar-refractivity contribution in [2.24, 2.45) is 5.73 Å². The molecule has 0 bridgehead atoms. The molecule has 0 atom stereocenters. The SMILES string of the molecule is CC1(NC(=O)c2ccc(CCN)cc2)CCOCC1. The van der Waals surface area contributed by atoms with Crippen molar-refractivity contribution >= 4 is 5.91 Å². The number of benzene rings is 1. The minimum Gasteiger partial charge on any atom is -0.381 e. The van der Waals surface area contributed by atoms with Crippen LogP contribution < -0.4 is 11.1 Å². The van der Waals surface area contributed by atoms with Gasteiger partial charge in [-0.2, -0.15) is 0 Å². The van der Waals surface area contributed by atoms with E-state index in [0.29, 0.717) is 25.3 Å². The molecule has 0 unspecified atom stereocenters. The van der Waals surface area contributed by atoms with Crippen molar-refractivity contribution in [2.75, 3.05) is 19.8 Å². The fraction of sp³-hybridized carbons (Fsp3) is 0.533. The van der Waals surface area contributed by atoms with E-state index in [2.05, 4.69) is 12.2 Å². The van der Waals surface area contributed by atoms with Gasteiger partial charge < -0.3 is 15.8 Å². The highest BCUT2D eigenvalue weighted by Crippen LogP contribution is 2.20. The maximum absolute atomic E-state index is 12.2. The lowest BCUT2D eigenvalue weighted by Crippen LogP contribution is -2.49. The summed E-state index contributed by atoms with van der Waals surface area (Å²) in [7, 11) is 0. The van der Waals surface area contributed by atoms with Gasteiger partial charge in [0.05, 0.1) is 0 Å². The van der Waals surface area contributed by atoms with Crippen molar-refractivity contribution in [2.45, 2.75) is 31.7 Å². The van der Waals surface area contributed by atoms with Gasteiger partial charge in [-0.3, -0.25) is 4.79 Å². The first-order chi connectivity index (χ1) is 9.13. The largest absolute Gasteiger partial charge is 0.381 e. The normalized spacial score (nSPS) is 18.0. The Hall–Kier alpha value is -1.39. The van der Waals surface area contributed by atoms with E-state index < -0.39 is 0 Å². The first kappa shape index (κ1) is 14.0. The monoisotopic (exact) mass is 262 g/mol. The Bertz CT molecular complexity index is 422. The summed E-state index contributed by atoms with van der Waals surface area (Å²) in [5.41, 5.74) is 7.23. The van der Waals surface area contributed by atoms with Crippen molar-refractivity contribution in [3.05, 3.63) is 35.4 Å². The van der Waals surface area contributed by atoms with E-state index in [0.717, 1.165) is 24.8 Å². The van der Waals surface area contributed by atoms with E-state index in [9.17, 15) is 4.79 Å². The maximum atomic E-state index is 12.2. The van der Waals surface area contributed by atoms with Crippen molar-refractivity contribution in [1.29, 1.82) is 0 Å². The number of amides is 1. The van der Waals surface area contributed by atoms with Crippen LogP contribution in [0.25, 0.3) is 0 Å². The zero-order valence-electron chi connectivity index (χ0n) is 11.4. The number of carbonyl (C=O) groups excluding carboxylic acids is 1. The summed E-state index contributed by atoms with van der Waals surface area (Å²) in [5, 5.41) is 3.12. The Balaban J connectivity index is 1.99. The molecule has 19 heavy (non-hydrogen) atoms. The van der Waals surface area contributed by atoms with Gasteiger partial charge >= 0.3 is 0 Å². The quantitative estimate of drug-likeness (QED) is 0.864. The Labute approximate surface area is 114 Å². The molecule has 0 aromatic heterocycles. The van der Waals surface area contributed by atoms with E-state index >= 15 is 0 Å². The van der Waals surface area contributed by atoms with E-state index in [1.165, 1.54) is 0 Å². The standard InChI is InChI=1S/C15H22N2O2/c1-15(7-10-19-11-8-15)17-14(18)13-4-2-12(3-5-13)6-9-16/h2-5H,6-11,16H2,1H3,(H,17,18). The lowest BCUT2D eigenvalue weighted by atomic mass is 9.92. The molecule has 1 aliphatic heterocycles. The topological polar surface area (TPSA) is 64.4 Å². The molecule has 1 aromatic carbocycles. The molecular formula is C15H22N2O2. The summed E-state index contributed by atoms with van der Waals surface area (Å²) in [4.78, 5) is 12.2. The molecule has 0 radical (unpaired) electrons. The Morgan fingerprint density at radius 2 is 1.95 bits per heavy atom. The zero-order valence-corrected chi connectivity index (χ0v) is 11.4. The van der Waals surface area contributed by atoms with Gasteiger partial charge in [0.1, 0.15) is 0 Å². The van der Waals surface area contributed by atoms with Gasteiger partial charge in [0, 0.05) is 24.3 Å². The third-order valence-corrected chi connectivity index (χ3v) is 3.66. The van der Waals surface area contributed by atoms with Crippen LogP contribution in [-0.2, 0) is 11.2 Å². The number of ether oxygens (including phenoxy) is 1. The second-order valence-electron chi connectivity index (χ2n) is 5.36. The molecule has 1 fully saturated rings. The second-order valence-corrected chi connectivity index (χ2v) is 5.36. The van der Waals surface area contributed by atoms with Crippen LogP contribution in [0.1, 0.15) is 35.7 Å². The number of nitrogens with one attached hydrogen (secondary N) is 1. The number of hydrogen-bond acceptors (Lipinski definition) is 3. The number of rotatable bonds is 4. The number of nitrogens with two attached hydrogens (primary N) is 1. The maximum Gasteiger partial charge on any atom is 0.251 e. The first-order valence-corrected chi connectivity index (χ1v) is 6.82. The van der Waals surface area contributed by atoms with E-state index in [1.807, 2.05) is 24.3 Å². The zero-order chi connectivity index (χ0) is 13.7. The average molecular weight is 262 g/mol. The summed E-state index contributed by atoms with van der Waals surface area (Å²) >= 11 is 0. The van der Waals surface area contributed by atoms with E-state index in [4.69, 9.17) is 10.5 Å². The van der Waals surface area contributed by atoms with Crippen LogP contribution in [0.5, 0.6) is 0 Å². The molecule has 0 saturated carbocycles. The lowest BCUT2D eigenvalue weighted by molar-refractivity contribution is 0.0423. The van der Waals surface area contributed by atoms with Gasteiger partial charge in [0.15, 0.2) is 0 Å². The number of hydrogen-bond donors (Lipinski definition) is 2. The molecule has 3 N–H and O–H groups in total. The molecule has 104 valence electrons. The van der Waals surface area contributed by atoms with Gasteiger partial charge in [0.25, 0.3) is 5.91 Å². The highest BCUT2D eigenvalue weighted by molar-refractivity contribution is 5.94. The summed E-state index contributed by atoms with van der Waals surface area (Å²) < 4.78 is 5.33. The number of carbonyl (C=O) groups is 1. The van der Waals surface area contributed by atoms with Gasteiger partial charge in [-0.15, -0.1) is 0 Å². The van der Waals surface area contributed by atoms with Crippen LogP contribution in [0.3, 0.4) is 0 Å². The lowest BCUT2D eigenvalue weighted by Gasteiger charge is -2.34. The molecule has 1 saturated heterocycles. The predicted molar refractivity (Wildman–Crippen MR) is 75.1 cm³/mol. The predicted octanol–water partition coefficient (Wildman–Crippen LogP) is 1.49. The van der Waals surface area contributed by atoms with Crippen LogP contribution in [-0.4, -0.2) is 31.2 Å². The van der Waals surface area contributed by atoms with Crippen molar-refractivity contribution < 1.29 is 9.53 Å². The fourth-order valence-electron chi connectivity index (χ4n) is 2.28. The van der Waals surface area contributed by atoms with Crippen LogP contribution in [0, 0.1) is 0 Å². The van der Waals surface area contributed by atoms with Crippen molar-refractivity contribution in [3.8, 4) is 0 Å². The third-order valence-electron chi connectivity index (χ3n) is 3.66. The Morgan fingerprint density at radius 3 is 2.53 bits per heavy atom. The smallest absolute Gasteiger partial charge is 0.251 e. The molecule has 0 aliphatic carbocycles. The van der Waals surface area contributed by atoms with Crippen LogP contribution >= 0.6 is 0 Å². The molecule has 1 heterocycles. The Morgan fingerprint density at radius 1 is 1.32 bits per heavy atom. The van der Waals surface area contributed by atoms with Crippen LogP contribution in [0.4, 0.5) is 0 Å². The van der Waals surface area contributed by atoms with Gasteiger partial charge in [-0.05, 0) is 50.4 Å². The van der Waals surface area contributed by atoms with E-state index in [-0.39, 0.29) is 11.4 Å². The van der Waals surface area contributed by atoms with Gasteiger partial charge in [0.2, 0.25) is 0 Å². The third kappa shape index (κ3) is 3.78. The molecule has 1 aliphatic rings. The van der Waals surface area contributed by atoms with Crippen LogP contribution in [0.15, 0.2) is 24.3 Å². The summed E-state index contributed by atoms with van der Waals surface area (Å²) in [6.45, 7) is 4.14. The van der Waals surface area contributed by atoms with E-state index in [1.54, 1.807) is 0 Å². The second kappa shape index (κ2) is 6.17. The molecule has 4 heteroatoms. The minimum absolute atomic E-state index is 0.0105. The van der Waals surface area contributed by atoms with Gasteiger partial charge in [-0.25, -0.2) is 0 Å². The average Bonchev–Trinajstić information content (AvgIpc) is 2.40. The molecule has 0 spiro atoms. The first-order valence-electron chi connectivity index (χ1n) is 6.82. The Kier molecular flexibility index (Phi) is 4.56.